The number of benzene rings is 1. The summed E-state index contributed by atoms with van der Waals surface area (Å²) in [6, 6.07) is 7.42. The van der Waals surface area contributed by atoms with Crippen LogP contribution in [0.2, 0.25) is 0 Å². The highest BCUT2D eigenvalue weighted by atomic mass is 32.2. The Balaban J connectivity index is 2.79. The van der Waals surface area contributed by atoms with E-state index in [9.17, 15) is 8.42 Å². The summed E-state index contributed by atoms with van der Waals surface area (Å²) >= 11 is 4.90. The van der Waals surface area contributed by atoms with E-state index in [1.165, 1.54) is 6.26 Å². The molecule has 17 heavy (non-hydrogen) atoms. The minimum absolute atomic E-state index is 0.126. The van der Waals surface area contributed by atoms with Crippen LogP contribution in [0.25, 0.3) is 0 Å². The van der Waals surface area contributed by atoms with Crippen LogP contribution in [0, 0.1) is 0 Å². The molecule has 0 aromatic heterocycles. The Morgan fingerprint density at radius 1 is 1.47 bits per heavy atom. The molecule has 0 aliphatic carbocycles. The van der Waals surface area contributed by atoms with Crippen LogP contribution in [0.1, 0.15) is 5.56 Å². The van der Waals surface area contributed by atoms with Crippen molar-refractivity contribution in [2.75, 3.05) is 30.5 Å². The zero-order chi connectivity index (χ0) is 13.1. The van der Waals surface area contributed by atoms with Gasteiger partial charge in [0, 0.05) is 31.1 Å². The lowest BCUT2D eigenvalue weighted by Gasteiger charge is -2.19. The van der Waals surface area contributed by atoms with Gasteiger partial charge in [-0.2, -0.15) is 0 Å². The summed E-state index contributed by atoms with van der Waals surface area (Å²) in [5.74, 6) is 0.126. The van der Waals surface area contributed by atoms with Gasteiger partial charge in [-0.05, 0) is 12.1 Å². The van der Waals surface area contributed by atoms with Crippen LogP contribution in [0.4, 0.5) is 5.69 Å². The highest BCUT2D eigenvalue weighted by Gasteiger charge is 2.07. The molecule has 1 aromatic rings. The smallest absolute Gasteiger partial charge is 0.149 e. The fourth-order valence-corrected chi connectivity index (χ4v) is 2.06. The SMILES string of the molecule is CN(CCS(C)(=O)=O)c1cccc(C(N)=S)c1. The Hall–Kier alpha value is -1.14. The summed E-state index contributed by atoms with van der Waals surface area (Å²) in [6.45, 7) is 0.444. The quantitative estimate of drug-likeness (QED) is 0.803. The van der Waals surface area contributed by atoms with Gasteiger partial charge >= 0.3 is 0 Å². The van der Waals surface area contributed by atoms with Gasteiger partial charge in [0.2, 0.25) is 0 Å². The van der Waals surface area contributed by atoms with Crippen molar-refractivity contribution in [2.24, 2.45) is 5.73 Å². The van der Waals surface area contributed by atoms with E-state index in [0.717, 1.165) is 11.3 Å². The lowest BCUT2D eigenvalue weighted by Crippen LogP contribution is -2.25. The number of hydrogen-bond acceptors (Lipinski definition) is 4. The second kappa shape index (κ2) is 5.46. The van der Waals surface area contributed by atoms with Gasteiger partial charge in [-0.25, -0.2) is 8.42 Å². The highest BCUT2D eigenvalue weighted by molar-refractivity contribution is 7.90. The second-order valence-electron chi connectivity index (χ2n) is 3.97. The third-order valence-corrected chi connectivity index (χ3v) is 3.53. The second-order valence-corrected chi connectivity index (χ2v) is 6.67. The fourth-order valence-electron chi connectivity index (χ4n) is 1.33. The molecule has 0 fully saturated rings. The van der Waals surface area contributed by atoms with E-state index in [-0.39, 0.29) is 5.75 Å². The molecule has 0 heterocycles. The number of hydrogen-bond donors (Lipinski definition) is 1. The standard InChI is InChI=1S/C11H16N2O2S2/c1-13(6-7-17(2,14)15)10-5-3-4-9(8-10)11(12)16/h3-5,8H,6-7H2,1-2H3,(H2,12,16). The molecule has 4 nitrogen and oxygen atoms in total. The van der Waals surface area contributed by atoms with E-state index in [4.69, 9.17) is 18.0 Å². The first-order chi connectivity index (χ1) is 7.79. The maximum Gasteiger partial charge on any atom is 0.149 e. The Bertz CT molecular complexity index is 512. The first kappa shape index (κ1) is 13.9. The average molecular weight is 272 g/mol. The van der Waals surface area contributed by atoms with E-state index >= 15 is 0 Å². The third kappa shape index (κ3) is 4.70. The van der Waals surface area contributed by atoms with Crippen molar-refractivity contribution in [1.29, 1.82) is 0 Å². The number of thiocarbonyl (C=S) groups is 1. The number of rotatable bonds is 5. The number of nitrogens with zero attached hydrogens (tertiary/aromatic N) is 1. The first-order valence-corrected chi connectivity index (χ1v) is 7.55. The van der Waals surface area contributed by atoms with Gasteiger partial charge in [0.05, 0.1) is 5.75 Å². The molecule has 2 N–H and O–H groups in total. The Kier molecular flexibility index (Phi) is 4.47. The summed E-state index contributed by atoms with van der Waals surface area (Å²) in [6.07, 6.45) is 1.23. The molecule has 0 aliphatic rings. The molecule has 0 bridgehead atoms. The van der Waals surface area contributed by atoms with E-state index in [1.54, 1.807) is 0 Å². The third-order valence-electron chi connectivity index (χ3n) is 2.37. The molecular weight excluding hydrogens is 256 g/mol. The molecule has 0 radical (unpaired) electrons. The van der Waals surface area contributed by atoms with Crippen LogP contribution in [-0.4, -0.2) is 39.0 Å². The van der Waals surface area contributed by atoms with Crippen molar-refractivity contribution < 1.29 is 8.42 Å². The predicted molar refractivity (Wildman–Crippen MR) is 75.3 cm³/mol. The van der Waals surface area contributed by atoms with Gasteiger partial charge in [0.1, 0.15) is 14.8 Å². The van der Waals surface area contributed by atoms with Crippen molar-refractivity contribution in [3.63, 3.8) is 0 Å². The van der Waals surface area contributed by atoms with Crippen LogP contribution < -0.4 is 10.6 Å². The van der Waals surface area contributed by atoms with Crippen LogP contribution in [0.5, 0.6) is 0 Å². The molecule has 0 saturated carbocycles. The molecule has 6 heteroatoms. The van der Waals surface area contributed by atoms with Gasteiger partial charge in [-0.1, -0.05) is 24.4 Å². The molecule has 0 unspecified atom stereocenters. The van der Waals surface area contributed by atoms with Crippen molar-refractivity contribution in [3.8, 4) is 0 Å². The first-order valence-electron chi connectivity index (χ1n) is 5.08. The molecule has 0 spiro atoms. The van der Waals surface area contributed by atoms with Gasteiger partial charge in [-0.3, -0.25) is 0 Å². The molecule has 1 aromatic carbocycles. The van der Waals surface area contributed by atoms with E-state index in [0.29, 0.717) is 11.5 Å². The molecule has 1 rings (SSSR count). The van der Waals surface area contributed by atoms with Crippen LogP contribution in [0.15, 0.2) is 24.3 Å². The van der Waals surface area contributed by atoms with Gasteiger partial charge in [0.15, 0.2) is 0 Å². The maximum atomic E-state index is 11.1. The lowest BCUT2D eigenvalue weighted by atomic mass is 10.2. The van der Waals surface area contributed by atoms with Crippen molar-refractivity contribution in [2.45, 2.75) is 0 Å². The number of anilines is 1. The van der Waals surface area contributed by atoms with Gasteiger partial charge in [0.25, 0.3) is 0 Å². The van der Waals surface area contributed by atoms with E-state index in [1.807, 2.05) is 36.2 Å². The van der Waals surface area contributed by atoms with Gasteiger partial charge < -0.3 is 10.6 Å². The predicted octanol–water partition coefficient (Wildman–Crippen LogP) is 0.802. The molecule has 94 valence electrons. The Morgan fingerprint density at radius 3 is 2.65 bits per heavy atom. The normalized spacial score (nSPS) is 11.2. The molecule has 0 aliphatic heterocycles. The summed E-state index contributed by atoms with van der Waals surface area (Å²) < 4.78 is 22.1. The molecule has 0 saturated heterocycles. The monoisotopic (exact) mass is 272 g/mol. The topological polar surface area (TPSA) is 63.4 Å². The van der Waals surface area contributed by atoms with E-state index in [2.05, 4.69) is 0 Å². The van der Waals surface area contributed by atoms with Crippen LogP contribution >= 0.6 is 12.2 Å². The highest BCUT2D eigenvalue weighted by Crippen LogP contribution is 2.14. The summed E-state index contributed by atoms with van der Waals surface area (Å²) in [5, 5.41) is 0. The average Bonchev–Trinajstić information content (AvgIpc) is 2.25. The number of sulfone groups is 1. The Morgan fingerprint density at radius 2 is 2.12 bits per heavy atom. The van der Waals surface area contributed by atoms with Crippen molar-refractivity contribution >= 4 is 32.7 Å². The van der Waals surface area contributed by atoms with Crippen molar-refractivity contribution in [1.82, 2.24) is 0 Å². The van der Waals surface area contributed by atoms with Crippen LogP contribution in [0.3, 0.4) is 0 Å². The molecular formula is C11H16N2O2S2. The van der Waals surface area contributed by atoms with Crippen LogP contribution in [-0.2, 0) is 9.84 Å². The zero-order valence-electron chi connectivity index (χ0n) is 9.88. The van der Waals surface area contributed by atoms with Crippen molar-refractivity contribution in [3.05, 3.63) is 29.8 Å². The minimum atomic E-state index is -2.95. The van der Waals surface area contributed by atoms with Gasteiger partial charge in [-0.15, -0.1) is 0 Å². The van der Waals surface area contributed by atoms with E-state index < -0.39 is 9.84 Å². The minimum Gasteiger partial charge on any atom is -0.389 e. The summed E-state index contributed by atoms with van der Waals surface area (Å²) in [7, 11) is -1.11. The number of nitrogens with two attached hydrogens (primary N) is 1. The molecule has 0 atom stereocenters. The largest absolute Gasteiger partial charge is 0.389 e. The Labute approximate surface area is 107 Å². The maximum absolute atomic E-state index is 11.1. The summed E-state index contributed by atoms with van der Waals surface area (Å²) in [5.41, 5.74) is 7.23. The summed E-state index contributed by atoms with van der Waals surface area (Å²) in [4.78, 5) is 2.20. The molecule has 0 amide bonds. The zero-order valence-corrected chi connectivity index (χ0v) is 11.5. The fraction of sp³-hybridized carbons (Fsp3) is 0.364. The lowest BCUT2D eigenvalue weighted by molar-refractivity contribution is 0.601.